The summed E-state index contributed by atoms with van der Waals surface area (Å²) in [5.74, 6) is -2.31. The molecule has 9 heteroatoms. The van der Waals surface area contributed by atoms with E-state index in [1.165, 1.54) is 0 Å². The SMILES string of the molecule is O=S(=O)([O-])CCS(=O)(=O)[O-].[Ag+2]. The van der Waals surface area contributed by atoms with Crippen LogP contribution in [0.25, 0.3) is 0 Å². The first-order chi connectivity index (χ1) is 4.21. The van der Waals surface area contributed by atoms with Gasteiger partial charge in [0.05, 0.1) is 31.7 Å². The first kappa shape index (κ1) is 14.1. The zero-order valence-corrected chi connectivity index (χ0v) is 8.10. The van der Waals surface area contributed by atoms with Gasteiger partial charge in [-0.15, -0.1) is 0 Å². The Kier molecular flexibility index (Phi) is 5.84. The molecule has 0 atom stereocenters. The first-order valence-corrected chi connectivity index (χ1v) is 5.23. The Balaban J connectivity index is 0. The average molecular weight is 296 g/mol. The summed E-state index contributed by atoms with van der Waals surface area (Å²) in [5.41, 5.74) is 0. The van der Waals surface area contributed by atoms with Crippen LogP contribution in [0.4, 0.5) is 0 Å². The normalized spacial score (nSPS) is 12.2. The van der Waals surface area contributed by atoms with Gasteiger partial charge in [0.2, 0.25) is 0 Å². The van der Waals surface area contributed by atoms with E-state index in [0.29, 0.717) is 0 Å². The molecular weight excluding hydrogens is 292 g/mol. The molecule has 0 unspecified atom stereocenters. The van der Waals surface area contributed by atoms with Gasteiger partial charge in [0, 0.05) is 0 Å². The van der Waals surface area contributed by atoms with Gasteiger partial charge in [0.25, 0.3) is 0 Å². The van der Waals surface area contributed by atoms with Gasteiger partial charge in [-0.05, 0) is 0 Å². The molecule has 0 rings (SSSR count). The van der Waals surface area contributed by atoms with E-state index in [9.17, 15) is 25.9 Å². The van der Waals surface area contributed by atoms with Crippen LogP contribution < -0.4 is 0 Å². The zero-order valence-electron chi connectivity index (χ0n) is 4.98. The molecule has 6 nitrogen and oxygen atoms in total. The van der Waals surface area contributed by atoms with Gasteiger partial charge in [0.15, 0.2) is 0 Å². The molecule has 0 heterocycles. The van der Waals surface area contributed by atoms with Gasteiger partial charge in [-0.2, -0.15) is 0 Å². The van der Waals surface area contributed by atoms with Gasteiger partial charge in [0.1, 0.15) is 0 Å². The molecule has 0 saturated heterocycles. The third-order valence-corrected chi connectivity index (χ3v) is 2.25. The van der Waals surface area contributed by atoms with Gasteiger partial charge < -0.3 is 9.11 Å². The number of hydrogen-bond donors (Lipinski definition) is 0. The zero-order chi connectivity index (χ0) is 8.41. The molecular formula is C2H4AgO6S2. The molecule has 0 aliphatic heterocycles. The Bertz CT molecular complexity index is 255. The van der Waals surface area contributed by atoms with Crippen LogP contribution in [-0.2, 0) is 42.6 Å². The molecule has 0 bridgehead atoms. The summed E-state index contributed by atoms with van der Waals surface area (Å²) in [6, 6.07) is 0. The van der Waals surface area contributed by atoms with Crippen molar-refractivity contribution in [3.05, 3.63) is 0 Å². The molecule has 0 aliphatic rings. The minimum Gasteiger partial charge on any atom is -0.748 e. The van der Waals surface area contributed by atoms with E-state index in [4.69, 9.17) is 0 Å². The topological polar surface area (TPSA) is 114 Å². The number of hydrogen-bond acceptors (Lipinski definition) is 6. The quantitative estimate of drug-likeness (QED) is 0.443. The second kappa shape index (κ2) is 4.55. The molecule has 0 N–H and O–H groups in total. The van der Waals surface area contributed by atoms with Crippen molar-refractivity contribution in [2.45, 2.75) is 0 Å². The minimum absolute atomic E-state index is 0. The smallest absolute Gasteiger partial charge is 0.748 e. The summed E-state index contributed by atoms with van der Waals surface area (Å²) in [6.45, 7) is 0. The fourth-order valence-electron chi connectivity index (χ4n) is 0.204. The molecule has 0 fully saturated rings. The minimum atomic E-state index is -4.59. The van der Waals surface area contributed by atoms with Crippen LogP contribution in [0.3, 0.4) is 0 Å². The predicted octanol–water partition coefficient (Wildman–Crippen LogP) is -1.93. The van der Waals surface area contributed by atoms with Crippen molar-refractivity contribution < 1.29 is 48.3 Å². The largest absolute Gasteiger partial charge is 2.00 e. The van der Waals surface area contributed by atoms with E-state index >= 15 is 0 Å². The second-order valence-corrected chi connectivity index (χ2v) is 4.57. The summed E-state index contributed by atoms with van der Waals surface area (Å²) < 4.78 is 58.3. The predicted molar refractivity (Wildman–Crippen MR) is 29.1 cm³/mol. The van der Waals surface area contributed by atoms with Crippen molar-refractivity contribution in [1.82, 2.24) is 0 Å². The Morgan fingerprint density at radius 3 is 1.09 bits per heavy atom. The molecule has 0 aromatic heterocycles. The molecule has 0 aliphatic carbocycles. The maximum absolute atomic E-state index is 9.72. The average Bonchev–Trinajstić information content (AvgIpc) is 1.57. The van der Waals surface area contributed by atoms with Crippen LogP contribution in [0.2, 0.25) is 0 Å². The van der Waals surface area contributed by atoms with Crippen molar-refractivity contribution in [2.75, 3.05) is 11.5 Å². The molecule has 71 valence electrons. The summed E-state index contributed by atoms with van der Waals surface area (Å²) in [6.07, 6.45) is 0. The van der Waals surface area contributed by atoms with E-state index in [0.717, 1.165) is 0 Å². The fraction of sp³-hybridized carbons (Fsp3) is 1.00. The van der Waals surface area contributed by atoms with Crippen molar-refractivity contribution >= 4 is 20.2 Å². The fourth-order valence-corrected chi connectivity index (χ4v) is 1.84. The van der Waals surface area contributed by atoms with Crippen molar-refractivity contribution in [2.24, 2.45) is 0 Å². The maximum atomic E-state index is 9.72. The van der Waals surface area contributed by atoms with E-state index in [1.807, 2.05) is 0 Å². The van der Waals surface area contributed by atoms with Crippen LogP contribution in [0.15, 0.2) is 0 Å². The summed E-state index contributed by atoms with van der Waals surface area (Å²) in [4.78, 5) is 0. The first-order valence-electron chi connectivity index (χ1n) is 2.08. The van der Waals surface area contributed by atoms with Gasteiger partial charge in [-0.25, -0.2) is 16.8 Å². The van der Waals surface area contributed by atoms with Crippen molar-refractivity contribution in [3.8, 4) is 0 Å². The Morgan fingerprint density at radius 1 is 0.818 bits per heavy atom. The molecule has 11 heavy (non-hydrogen) atoms. The van der Waals surface area contributed by atoms with Crippen molar-refractivity contribution in [1.29, 1.82) is 0 Å². The molecule has 0 spiro atoms. The molecule has 0 aromatic carbocycles. The van der Waals surface area contributed by atoms with E-state index < -0.39 is 31.7 Å². The summed E-state index contributed by atoms with van der Waals surface area (Å²) >= 11 is 0. The van der Waals surface area contributed by atoms with Gasteiger partial charge >= 0.3 is 22.4 Å². The third-order valence-electron chi connectivity index (χ3n) is 0.583. The van der Waals surface area contributed by atoms with Gasteiger partial charge in [-0.3, -0.25) is 0 Å². The van der Waals surface area contributed by atoms with Crippen LogP contribution in [0.5, 0.6) is 0 Å². The van der Waals surface area contributed by atoms with Crippen LogP contribution >= 0.6 is 0 Å². The third kappa shape index (κ3) is 13.5. The summed E-state index contributed by atoms with van der Waals surface area (Å²) in [7, 11) is -9.17. The van der Waals surface area contributed by atoms with Gasteiger partial charge in [-0.1, -0.05) is 0 Å². The molecule has 0 amide bonds. The van der Waals surface area contributed by atoms with Crippen LogP contribution in [0.1, 0.15) is 0 Å². The second-order valence-electron chi connectivity index (χ2n) is 1.52. The van der Waals surface area contributed by atoms with Crippen molar-refractivity contribution in [3.63, 3.8) is 0 Å². The van der Waals surface area contributed by atoms with E-state index in [1.54, 1.807) is 0 Å². The molecule has 0 aromatic rings. The molecule has 1 radical (unpaired) electrons. The van der Waals surface area contributed by atoms with Crippen LogP contribution in [0, 0.1) is 0 Å². The van der Waals surface area contributed by atoms with Crippen LogP contribution in [-0.4, -0.2) is 37.4 Å². The Hall–Kier alpha value is 0.560. The monoisotopic (exact) mass is 295 g/mol. The number of rotatable bonds is 3. The Labute approximate surface area is 80.0 Å². The van der Waals surface area contributed by atoms with E-state index in [-0.39, 0.29) is 22.4 Å². The molecule has 0 saturated carbocycles. The summed E-state index contributed by atoms with van der Waals surface area (Å²) in [5, 5.41) is 0. The maximum Gasteiger partial charge on any atom is 2.00 e. The standard InChI is InChI=1S/C2H6O6S2.Ag/c3-9(4,5)1-2-10(6,7)8;/h1-2H2,(H,3,4,5)(H,6,7,8);/q;+2/p-2. The van der Waals surface area contributed by atoms with E-state index in [2.05, 4.69) is 0 Å². The Morgan fingerprint density at radius 2 is 1.00 bits per heavy atom.